The second-order valence-electron chi connectivity index (χ2n) is 13.0. The zero-order valence-electron chi connectivity index (χ0n) is 29.5. The van der Waals surface area contributed by atoms with Crippen LogP contribution in [0.15, 0.2) is 60.7 Å². The summed E-state index contributed by atoms with van der Waals surface area (Å²) in [5.41, 5.74) is 8.46. The van der Waals surface area contributed by atoms with Crippen molar-refractivity contribution >= 4 is 51.7 Å². The first-order valence-electron chi connectivity index (χ1n) is 16.6. The van der Waals surface area contributed by atoms with Crippen molar-refractivity contribution in [1.29, 1.82) is 0 Å². The Bertz CT molecular complexity index is 2200. The third-order valence-corrected chi connectivity index (χ3v) is 8.23. The number of hydrogen-bond acceptors (Lipinski definition) is 12. The molecule has 270 valence electrons. The number of hydrogen-bond donors (Lipinski definition) is 2. The number of aromatic amines is 1. The Hall–Kier alpha value is -5.51. The molecule has 4 aromatic heterocycles. The number of H-pyrrole nitrogens is 1. The Kier molecular flexibility index (Phi) is 10.7. The predicted molar refractivity (Wildman–Crippen MR) is 196 cm³/mol. The molecule has 7 rings (SSSR count). The summed E-state index contributed by atoms with van der Waals surface area (Å²) in [5.74, 6) is 2.30. The predicted octanol–water partition coefficient (Wildman–Crippen LogP) is 5.70. The zero-order valence-corrected chi connectivity index (χ0v) is 30.2. The standard InChI is InChI=1S/C18H19ClN4O3.C18H20N6O2/c1-18(2,3)26-17(24)23-12(10-25-4)20-13-14(19)21-15(22-16(13)23)11-8-6-5-7-9-11;1-26-10-13-20-14-17(21-13)22-16(11-6-3-2-4-7-11)23-18(14)24-9-5-8-12(24)15(19)25/h5-9H,10H2,1-4H3;2-4,6-7,12H,5,8-10H2,1H3,(H2,19,25)(H,20,21,22,23)/t;12-/m.0/s1. The van der Waals surface area contributed by atoms with Crippen LogP contribution in [0.25, 0.3) is 45.1 Å². The van der Waals surface area contributed by atoms with Gasteiger partial charge in [0.15, 0.2) is 33.9 Å². The van der Waals surface area contributed by atoms with Gasteiger partial charge in [0.1, 0.15) is 47.5 Å². The molecule has 0 bridgehead atoms. The van der Waals surface area contributed by atoms with Crippen LogP contribution in [0.3, 0.4) is 0 Å². The molecule has 0 saturated carbocycles. The van der Waals surface area contributed by atoms with E-state index in [-0.39, 0.29) is 29.4 Å². The van der Waals surface area contributed by atoms with Crippen LogP contribution >= 0.6 is 11.6 Å². The van der Waals surface area contributed by atoms with Gasteiger partial charge in [-0.3, -0.25) is 4.79 Å². The second kappa shape index (κ2) is 15.4. The molecule has 3 N–H and O–H groups in total. The summed E-state index contributed by atoms with van der Waals surface area (Å²) >= 11 is 6.32. The topological polar surface area (TPSA) is 189 Å². The van der Waals surface area contributed by atoms with Gasteiger partial charge >= 0.3 is 6.09 Å². The largest absolute Gasteiger partial charge is 0.443 e. The summed E-state index contributed by atoms with van der Waals surface area (Å²) < 4.78 is 17.1. The minimum atomic E-state index is -0.670. The summed E-state index contributed by atoms with van der Waals surface area (Å²) in [5, 5.41) is 0.161. The number of methoxy groups -OCH3 is 2. The maximum absolute atomic E-state index is 12.7. The van der Waals surface area contributed by atoms with Gasteiger partial charge in [-0.2, -0.15) is 0 Å². The van der Waals surface area contributed by atoms with Gasteiger partial charge in [-0.1, -0.05) is 72.3 Å². The van der Waals surface area contributed by atoms with E-state index in [9.17, 15) is 9.59 Å². The van der Waals surface area contributed by atoms with Crippen LogP contribution in [0.4, 0.5) is 10.6 Å². The zero-order chi connectivity index (χ0) is 37.0. The quantitative estimate of drug-likeness (QED) is 0.182. The number of nitrogens with one attached hydrogen (secondary N) is 1. The Morgan fingerprint density at radius 1 is 0.885 bits per heavy atom. The van der Waals surface area contributed by atoms with Crippen molar-refractivity contribution in [3.8, 4) is 22.8 Å². The van der Waals surface area contributed by atoms with E-state index in [0.29, 0.717) is 58.9 Å². The molecule has 15 nitrogen and oxygen atoms in total. The third kappa shape index (κ3) is 7.86. The normalized spacial score (nSPS) is 14.4. The number of nitrogens with zero attached hydrogens (tertiary/aromatic N) is 8. The summed E-state index contributed by atoms with van der Waals surface area (Å²) in [6.45, 7) is 6.53. The van der Waals surface area contributed by atoms with Crippen LogP contribution in [-0.2, 0) is 32.2 Å². The van der Waals surface area contributed by atoms with Gasteiger partial charge in [0.25, 0.3) is 0 Å². The molecule has 0 spiro atoms. The lowest BCUT2D eigenvalue weighted by molar-refractivity contribution is -0.119. The number of carbonyl (C=O) groups excluding carboxylic acids is 2. The van der Waals surface area contributed by atoms with Gasteiger partial charge in [-0.05, 0) is 33.6 Å². The highest BCUT2D eigenvalue weighted by molar-refractivity contribution is 6.33. The lowest BCUT2D eigenvalue weighted by Crippen LogP contribution is -2.41. The van der Waals surface area contributed by atoms with Crippen LogP contribution in [-0.4, -0.2) is 83.9 Å². The van der Waals surface area contributed by atoms with Crippen LogP contribution < -0.4 is 10.6 Å². The number of nitrogens with two attached hydrogens (primary N) is 1. The fraction of sp³-hybridized carbons (Fsp3) is 0.333. The number of benzene rings is 2. The highest BCUT2D eigenvalue weighted by Crippen LogP contribution is 2.32. The number of carbonyl (C=O) groups is 2. The molecule has 5 heterocycles. The number of aromatic nitrogens is 8. The molecule has 52 heavy (non-hydrogen) atoms. The average molecular weight is 727 g/mol. The molecule has 16 heteroatoms. The van der Waals surface area contributed by atoms with Crippen molar-refractivity contribution in [1.82, 2.24) is 39.5 Å². The smallest absolute Gasteiger partial charge is 0.421 e. The lowest BCUT2D eigenvalue weighted by atomic mass is 10.2. The molecule has 0 radical (unpaired) electrons. The lowest BCUT2D eigenvalue weighted by Gasteiger charge is -2.23. The van der Waals surface area contributed by atoms with Gasteiger partial charge in [0.2, 0.25) is 5.91 Å². The number of anilines is 1. The summed E-state index contributed by atoms with van der Waals surface area (Å²) in [6.07, 6.45) is 1.01. The van der Waals surface area contributed by atoms with Crippen LogP contribution in [0.1, 0.15) is 45.3 Å². The first kappa shape index (κ1) is 36.3. The molecule has 0 aliphatic carbocycles. The molecule has 6 aromatic rings. The van der Waals surface area contributed by atoms with Crippen LogP contribution in [0.5, 0.6) is 0 Å². The molecule has 2 aromatic carbocycles. The fourth-order valence-corrected chi connectivity index (χ4v) is 5.99. The van der Waals surface area contributed by atoms with E-state index >= 15 is 0 Å². The summed E-state index contributed by atoms with van der Waals surface area (Å²) in [4.78, 5) is 56.8. The first-order chi connectivity index (χ1) is 25.0. The number of amides is 1. The molecule has 0 unspecified atom stereocenters. The van der Waals surface area contributed by atoms with Gasteiger partial charge in [0.05, 0.1) is 0 Å². The van der Waals surface area contributed by atoms with E-state index in [1.165, 1.54) is 11.7 Å². The van der Waals surface area contributed by atoms with E-state index < -0.39 is 11.7 Å². The van der Waals surface area contributed by atoms with E-state index in [1.54, 1.807) is 27.9 Å². The second-order valence-corrected chi connectivity index (χ2v) is 13.3. The highest BCUT2D eigenvalue weighted by Gasteiger charge is 2.32. The molecule has 1 atom stereocenters. The van der Waals surface area contributed by atoms with Gasteiger partial charge in [0, 0.05) is 31.9 Å². The van der Waals surface area contributed by atoms with Crippen molar-refractivity contribution in [2.75, 3.05) is 25.7 Å². The SMILES string of the molecule is COCc1nc2c(Cl)nc(-c3ccccc3)nc2n1C(=O)OC(C)(C)C.COCc1nc2nc(-c3ccccc3)nc(N3CCC[C@H]3C(N)=O)c2[nH]1. The number of ether oxygens (including phenoxy) is 3. The molecule has 1 saturated heterocycles. The van der Waals surface area contributed by atoms with E-state index in [0.717, 1.165) is 24.0 Å². The summed E-state index contributed by atoms with van der Waals surface area (Å²) in [7, 11) is 3.13. The Morgan fingerprint density at radius 2 is 1.52 bits per heavy atom. The monoisotopic (exact) mass is 726 g/mol. The highest BCUT2D eigenvalue weighted by atomic mass is 35.5. The van der Waals surface area contributed by atoms with Crippen molar-refractivity contribution in [2.24, 2.45) is 5.73 Å². The van der Waals surface area contributed by atoms with Gasteiger partial charge in [-0.15, -0.1) is 0 Å². The molecular formula is C36H39ClN10O5. The molecular weight excluding hydrogens is 688 g/mol. The van der Waals surface area contributed by atoms with Gasteiger partial charge < -0.3 is 29.8 Å². The number of halogens is 1. The van der Waals surface area contributed by atoms with E-state index in [1.807, 2.05) is 65.6 Å². The van der Waals surface area contributed by atoms with Crippen molar-refractivity contribution in [3.63, 3.8) is 0 Å². The number of primary amides is 1. The first-order valence-corrected chi connectivity index (χ1v) is 16.9. The van der Waals surface area contributed by atoms with Crippen LogP contribution in [0.2, 0.25) is 5.15 Å². The molecule has 1 fully saturated rings. The number of imidazole rings is 2. The average Bonchev–Trinajstić information content (AvgIpc) is 3.86. The number of rotatable bonds is 8. The third-order valence-electron chi connectivity index (χ3n) is 7.96. The van der Waals surface area contributed by atoms with E-state index in [2.05, 4.69) is 29.9 Å². The maximum Gasteiger partial charge on any atom is 0.421 e. The van der Waals surface area contributed by atoms with Crippen molar-refractivity contribution in [3.05, 3.63) is 77.5 Å². The minimum absolute atomic E-state index is 0.104. The Morgan fingerprint density at radius 3 is 2.12 bits per heavy atom. The van der Waals surface area contributed by atoms with E-state index in [4.69, 9.17) is 36.5 Å². The fourth-order valence-electron chi connectivity index (χ4n) is 5.79. The Labute approximate surface area is 304 Å². The number of fused-ring (bicyclic) bond motifs is 2. The minimum Gasteiger partial charge on any atom is -0.443 e. The summed E-state index contributed by atoms with van der Waals surface area (Å²) in [6, 6.07) is 18.7. The molecule has 1 amide bonds. The molecule has 1 aliphatic heterocycles. The van der Waals surface area contributed by atoms with Crippen molar-refractivity contribution in [2.45, 2.75) is 58.5 Å². The van der Waals surface area contributed by atoms with Gasteiger partial charge in [-0.25, -0.2) is 39.3 Å². The Balaban J connectivity index is 0.000000179. The van der Waals surface area contributed by atoms with Crippen LogP contribution in [0, 0.1) is 0 Å². The maximum atomic E-state index is 12.7. The van der Waals surface area contributed by atoms with Crippen molar-refractivity contribution < 1.29 is 23.8 Å². The molecule has 1 aliphatic rings.